The molecule has 0 aliphatic heterocycles. The van der Waals surface area contributed by atoms with Gasteiger partial charge in [0.2, 0.25) is 0 Å². The molecule has 70 valence electrons. The maximum absolute atomic E-state index is 9.25. The number of aliphatic carboxylic acids is 1. The van der Waals surface area contributed by atoms with Gasteiger partial charge in [-0.15, -0.1) is 0 Å². The molecular weight excluding hydrogens is 152 g/mol. The molecule has 0 aromatic carbocycles. The fraction of sp³-hybridized carbons (Fsp3) is 0.500. The van der Waals surface area contributed by atoms with E-state index >= 15 is 0 Å². The number of carboxylic acid groups (broad SMARTS) is 1. The summed E-state index contributed by atoms with van der Waals surface area (Å²) in [7, 11) is 0. The largest absolute Gasteiger partial charge is 0.478 e. The molecule has 0 aliphatic carbocycles. The summed E-state index contributed by atoms with van der Waals surface area (Å²) in [5, 5.41) is 7.60. The summed E-state index contributed by atoms with van der Waals surface area (Å²) in [5.41, 5.74) is 1.50. The van der Waals surface area contributed by atoms with E-state index in [0.717, 1.165) is 6.08 Å². The number of rotatable bonds is 3. The lowest BCUT2D eigenvalue weighted by Crippen LogP contribution is -1.82. The van der Waals surface area contributed by atoms with Crippen molar-refractivity contribution in [2.75, 3.05) is 0 Å². The van der Waals surface area contributed by atoms with E-state index in [4.69, 9.17) is 5.11 Å². The Morgan fingerprint density at radius 1 is 1.58 bits per heavy atom. The molecule has 0 fully saturated rings. The molecule has 0 atom stereocenters. The number of hydrogen-bond donors (Lipinski definition) is 1. The summed E-state index contributed by atoms with van der Waals surface area (Å²) in [5.74, 6) is -0.981. The summed E-state index contributed by atoms with van der Waals surface area (Å²) in [6.45, 7) is 9.42. The standard InChI is InChI=1S/C7H14.C3H4O2/c1-4-6-7(3)5-2;1-2-3(4)5/h5H,4,6H2,1-3H3;2H,1H2,(H,4,5). The molecule has 0 aromatic rings. The molecule has 0 bridgehead atoms. The van der Waals surface area contributed by atoms with Crippen molar-refractivity contribution >= 4 is 5.97 Å². The Bertz CT molecular complexity index is 157. The van der Waals surface area contributed by atoms with Gasteiger partial charge < -0.3 is 5.11 Å². The Kier molecular flexibility index (Phi) is 11.2. The predicted molar refractivity (Wildman–Crippen MR) is 52.2 cm³/mol. The molecule has 2 nitrogen and oxygen atoms in total. The Labute approximate surface area is 74.6 Å². The van der Waals surface area contributed by atoms with Crippen LogP contribution in [0.5, 0.6) is 0 Å². The smallest absolute Gasteiger partial charge is 0.327 e. The van der Waals surface area contributed by atoms with Crippen LogP contribution in [-0.4, -0.2) is 11.1 Å². The highest BCUT2D eigenvalue weighted by molar-refractivity contribution is 5.78. The third kappa shape index (κ3) is 16.0. The number of allylic oxidation sites excluding steroid dienone is 2. The normalized spacial score (nSPS) is 9.75. The van der Waals surface area contributed by atoms with E-state index < -0.39 is 5.97 Å². The van der Waals surface area contributed by atoms with Crippen LogP contribution in [0.1, 0.15) is 33.6 Å². The monoisotopic (exact) mass is 170 g/mol. The molecule has 0 saturated carbocycles. The van der Waals surface area contributed by atoms with Gasteiger partial charge in [0.25, 0.3) is 0 Å². The van der Waals surface area contributed by atoms with Gasteiger partial charge in [-0.05, 0) is 20.3 Å². The van der Waals surface area contributed by atoms with Crippen molar-refractivity contribution in [3.63, 3.8) is 0 Å². The summed E-state index contributed by atoms with van der Waals surface area (Å²) in [6.07, 6.45) is 5.54. The average molecular weight is 170 g/mol. The van der Waals surface area contributed by atoms with Gasteiger partial charge in [-0.25, -0.2) is 4.79 Å². The molecule has 0 spiro atoms. The fourth-order valence-electron chi connectivity index (χ4n) is 0.539. The lowest BCUT2D eigenvalue weighted by Gasteiger charge is -1.91. The first-order valence-electron chi connectivity index (χ1n) is 4.05. The van der Waals surface area contributed by atoms with Crippen molar-refractivity contribution in [3.05, 3.63) is 24.3 Å². The Morgan fingerprint density at radius 2 is 2.00 bits per heavy atom. The summed E-state index contributed by atoms with van der Waals surface area (Å²) < 4.78 is 0. The van der Waals surface area contributed by atoms with E-state index in [0.29, 0.717) is 0 Å². The van der Waals surface area contributed by atoms with Gasteiger partial charge in [-0.3, -0.25) is 0 Å². The highest BCUT2D eigenvalue weighted by atomic mass is 16.4. The second kappa shape index (κ2) is 9.95. The van der Waals surface area contributed by atoms with Crippen molar-refractivity contribution in [3.8, 4) is 0 Å². The van der Waals surface area contributed by atoms with E-state index in [-0.39, 0.29) is 0 Å². The first-order chi connectivity index (χ1) is 5.58. The van der Waals surface area contributed by atoms with E-state index in [1.165, 1.54) is 18.4 Å². The topological polar surface area (TPSA) is 37.3 Å². The molecule has 0 unspecified atom stereocenters. The van der Waals surface area contributed by atoms with Gasteiger partial charge in [0.1, 0.15) is 0 Å². The molecular formula is C10H18O2. The highest BCUT2D eigenvalue weighted by Crippen LogP contribution is 2.00. The van der Waals surface area contributed by atoms with Crippen molar-refractivity contribution in [2.45, 2.75) is 33.6 Å². The molecule has 0 heterocycles. The minimum absolute atomic E-state index is 0.833. The maximum atomic E-state index is 9.25. The molecule has 0 amide bonds. The molecule has 12 heavy (non-hydrogen) atoms. The molecule has 0 aromatic heterocycles. The number of hydrogen-bond acceptors (Lipinski definition) is 1. The first-order valence-corrected chi connectivity index (χ1v) is 4.05. The van der Waals surface area contributed by atoms with Crippen LogP contribution in [0.3, 0.4) is 0 Å². The van der Waals surface area contributed by atoms with Gasteiger partial charge in [0.15, 0.2) is 0 Å². The van der Waals surface area contributed by atoms with Crippen LogP contribution in [0.2, 0.25) is 0 Å². The quantitative estimate of drug-likeness (QED) is 0.522. The van der Waals surface area contributed by atoms with Gasteiger partial charge in [0, 0.05) is 6.08 Å². The third-order valence-corrected chi connectivity index (χ3v) is 1.31. The molecule has 0 radical (unpaired) electrons. The van der Waals surface area contributed by atoms with Gasteiger partial charge in [-0.1, -0.05) is 31.6 Å². The first kappa shape index (κ1) is 13.5. The Hall–Kier alpha value is -1.05. The number of carboxylic acids is 1. The van der Waals surface area contributed by atoms with Crippen LogP contribution in [0.15, 0.2) is 24.3 Å². The van der Waals surface area contributed by atoms with Gasteiger partial charge in [0.05, 0.1) is 0 Å². The average Bonchev–Trinajstić information content (AvgIpc) is 2.06. The SMILES string of the molecule is C=CC(=O)O.CC=C(C)CCC. The van der Waals surface area contributed by atoms with Gasteiger partial charge in [-0.2, -0.15) is 0 Å². The van der Waals surface area contributed by atoms with Crippen molar-refractivity contribution in [1.82, 2.24) is 0 Å². The molecule has 0 saturated heterocycles. The molecule has 0 rings (SSSR count). The molecule has 2 heteroatoms. The van der Waals surface area contributed by atoms with Crippen LogP contribution in [-0.2, 0) is 4.79 Å². The fourth-order valence-corrected chi connectivity index (χ4v) is 0.539. The van der Waals surface area contributed by atoms with Crippen LogP contribution in [0.25, 0.3) is 0 Å². The Balaban J connectivity index is 0. The van der Waals surface area contributed by atoms with Gasteiger partial charge >= 0.3 is 5.97 Å². The second-order valence-electron chi connectivity index (χ2n) is 2.43. The predicted octanol–water partition coefficient (Wildman–Crippen LogP) is 3.01. The lowest BCUT2D eigenvalue weighted by atomic mass is 10.2. The maximum Gasteiger partial charge on any atom is 0.327 e. The molecule has 1 N–H and O–H groups in total. The lowest BCUT2D eigenvalue weighted by molar-refractivity contribution is -0.131. The van der Waals surface area contributed by atoms with Crippen LogP contribution >= 0.6 is 0 Å². The summed E-state index contributed by atoms with van der Waals surface area (Å²) in [4.78, 5) is 9.25. The zero-order valence-electron chi connectivity index (χ0n) is 8.13. The van der Waals surface area contributed by atoms with E-state index in [9.17, 15) is 4.79 Å². The third-order valence-electron chi connectivity index (χ3n) is 1.31. The van der Waals surface area contributed by atoms with E-state index in [1.807, 2.05) is 0 Å². The Morgan fingerprint density at radius 3 is 2.08 bits per heavy atom. The zero-order valence-corrected chi connectivity index (χ0v) is 8.13. The van der Waals surface area contributed by atoms with Crippen molar-refractivity contribution < 1.29 is 9.90 Å². The zero-order chi connectivity index (χ0) is 9.98. The summed E-state index contributed by atoms with van der Waals surface area (Å²) >= 11 is 0. The van der Waals surface area contributed by atoms with E-state index in [1.54, 1.807) is 0 Å². The minimum Gasteiger partial charge on any atom is -0.478 e. The molecule has 0 aliphatic rings. The number of carbonyl (C=O) groups is 1. The minimum atomic E-state index is -0.981. The highest BCUT2D eigenvalue weighted by Gasteiger charge is 1.79. The van der Waals surface area contributed by atoms with Crippen LogP contribution < -0.4 is 0 Å². The summed E-state index contributed by atoms with van der Waals surface area (Å²) in [6, 6.07) is 0. The second-order valence-corrected chi connectivity index (χ2v) is 2.43. The van der Waals surface area contributed by atoms with Crippen molar-refractivity contribution in [1.29, 1.82) is 0 Å². The van der Waals surface area contributed by atoms with Crippen LogP contribution in [0, 0.1) is 0 Å². The van der Waals surface area contributed by atoms with Crippen LogP contribution in [0.4, 0.5) is 0 Å². The van der Waals surface area contributed by atoms with Crippen molar-refractivity contribution in [2.24, 2.45) is 0 Å². The van der Waals surface area contributed by atoms with E-state index in [2.05, 4.69) is 33.4 Å².